The highest BCUT2D eigenvalue weighted by Gasteiger charge is 2.43. The van der Waals surface area contributed by atoms with E-state index < -0.39 is 21.3 Å². The van der Waals surface area contributed by atoms with Crippen molar-refractivity contribution in [3.63, 3.8) is 0 Å². The van der Waals surface area contributed by atoms with Gasteiger partial charge in [0.25, 0.3) is 0 Å². The highest BCUT2D eigenvalue weighted by molar-refractivity contribution is 7.95. The van der Waals surface area contributed by atoms with Gasteiger partial charge in [0.2, 0.25) is 0 Å². The third kappa shape index (κ3) is 4.67. The van der Waals surface area contributed by atoms with Crippen molar-refractivity contribution in [3.8, 4) is 11.5 Å². The van der Waals surface area contributed by atoms with Crippen LogP contribution >= 0.6 is 0 Å². The van der Waals surface area contributed by atoms with E-state index >= 15 is 0 Å². The molecule has 0 spiro atoms. The number of anilines is 2. The number of aryl methyl sites for hydroxylation is 2. The summed E-state index contributed by atoms with van der Waals surface area (Å²) in [6, 6.07) is 20.8. The molecule has 0 unspecified atom stereocenters. The number of ether oxygens (including phenoxy) is 1. The van der Waals surface area contributed by atoms with Gasteiger partial charge in [0.05, 0.1) is 29.5 Å². The molecule has 3 aromatic rings. The maximum absolute atomic E-state index is 13.7. The van der Waals surface area contributed by atoms with Gasteiger partial charge in [-0.15, -0.1) is 0 Å². The van der Waals surface area contributed by atoms with Crippen molar-refractivity contribution in [2.45, 2.75) is 39.2 Å². The molecule has 188 valence electrons. The Morgan fingerprint density at radius 3 is 2.56 bits per heavy atom. The number of sulfone groups is 1. The number of phenols is 1. The number of allylic oxidation sites excluding steroid dienone is 1. The number of para-hydroxylation sites is 1. The topological polar surface area (TPSA) is 87.7 Å². The quantitative estimate of drug-likeness (QED) is 0.380. The summed E-state index contributed by atoms with van der Waals surface area (Å²) in [5, 5.41) is 17.3. The lowest BCUT2D eigenvalue weighted by Crippen LogP contribution is -2.35. The number of benzene rings is 3. The first-order valence-corrected chi connectivity index (χ1v) is 13.8. The second-order valence-corrected chi connectivity index (χ2v) is 12.4. The number of hydrogen-bond donors (Lipinski definition) is 3. The molecule has 0 saturated carbocycles. The zero-order valence-electron chi connectivity index (χ0n) is 20.8. The van der Waals surface area contributed by atoms with Crippen LogP contribution in [0.3, 0.4) is 0 Å². The molecule has 3 aromatic carbocycles. The number of aromatic hydroxyl groups is 1. The van der Waals surface area contributed by atoms with Crippen LogP contribution in [0.1, 0.15) is 43.0 Å². The third-order valence-electron chi connectivity index (χ3n) is 6.91. The van der Waals surface area contributed by atoms with Crippen LogP contribution in [0.15, 0.2) is 77.3 Å². The van der Waals surface area contributed by atoms with Crippen molar-refractivity contribution < 1.29 is 18.3 Å². The van der Waals surface area contributed by atoms with Crippen molar-refractivity contribution in [3.05, 3.63) is 94.0 Å². The fourth-order valence-electron chi connectivity index (χ4n) is 5.35. The van der Waals surface area contributed by atoms with Gasteiger partial charge in [0, 0.05) is 5.70 Å². The van der Waals surface area contributed by atoms with Crippen LogP contribution in [-0.2, 0) is 22.7 Å². The lowest BCUT2D eigenvalue weighted by molar-refractivity contribution is 0.400. The van der Waals surface area contributed by atoms with Gasteiger partial charge in [-0.1, -0.05) is 56.3 Å². The summed E-state index contributed by atoms with van der Waals surface area (Å²) in [6.07, 6.45) is 2.16. The molecule has 0 fully saturated rings. The highest BCUT2D eigenvalue weighted by atomic mass is 32.2. The van der Waals surface area contributed by atoms with Crippen LogP contribution in [0.2, 0.25) is 0 Å². The maximum Gasteiger partial charge on any atom is 0.179 e. The highest BCUT2D eigenvalue weighted by Crippen LogP contribution is 2.48. The average molecular weight is 505 g/mol. The van der Waals surface area contributed by atoms with E-state index in [1.165, 1.54) is 5.56 Å². The summed E-state index contributed by atoms with van der Waals surface area (Å²) in [5.41, 5.74) is 4.45. The van der Waals surface area contributed by atoms with Gasteiger partial charge >= 0.3 is 0 Å². The van der Waals surface area contributed by atoms with Crippen molar-refractivity contribution in [1.82, 2.24) is 0 Å². The molecule has 6 nitrogen and oxygen atoms in total. The molecule has 2 aliphatic heterocycles. The van der Waals surface area contributed by atoms with Crippen LogP contribution in [0.25, 0.3) is 0 Å². The molecule has 2 aliphatic rings. The van der Waals surface area contributed by atoms with Crippen LogP contribution < -0.4 is 15.4 Å². The van der Waals surface area contributed by atoms with Crippen molar-refractivity contribution in [2.75, 3.05) is 23.5 Å². The molecule has 0 bridgehead atoms. The number of fused-ring (bicyclic) bond motifs is 1. The fourth-order valence-corrected chi connectivity index (χ4v) is 7.69. The largest absolute Gasteiger partial charge is 0.506 e. The standard InChI is InChI=1S/C29H32N2O4S/c1-29(2)17-23-28(36(33,34)18-29)26(30-22-10-7-11-24(32)27(22)31-23)21-14-15-25(35-3)20(16-21)13-12-19-8-5-4-6-9-19/h4-11,14-16,26,30-32H,12-13,17-18H2,1-3H3/t26-/m1/s1. The van der Waals surface area contributed by atoms with Gasteiger partial charge < -0.3 is 20.5 Å². The molecule has 0 amide bonds. The normalized spacial score (nSPS) is 19.8. The number of rotatable bonds is 5. The summed E-state index contributed by atoms with van der Waals surface area (Å²) in [4.78, 5) is 0.344. The van der Waals surface area contributed by atoms with Gasteiger partial charge in [-0.25, -0.2) is 8.42 Å². The molecule has 7 heteroatoms. The van der Waals surface area contributed by atoms with Crippen LogP contribution in [0, 0.1) is 5.41 Å². The molecular weight excluding hydrogens is 472 g/mol. The third-order valence-corrected chi connectivity index (χ3v) is 9.23. The zero-order chi connectivity index (χ0) is 25.5. The van der Waals surface area contributed by atoms with E-state index in [4.69, 9.17) is 4.74 Å². The second-order valence-electron chi connectivity index (χ2n) is 10.4. The monoisotopic (exact) mass is 504 g/mol. The first-order chi connectivity index (χ1) is 17.2. The molecule has 0 saturated heterocycles. The molecule has 2 heterocycles. The minimum absolute atomic E-state index is 0.0675. The van der Waals surface area contributed by atoms with Gasteiger partial charge in [-0.05, 0) is 65.6 Å². The SMILES string of the molecule is COc1ccc([C@H]2Nc3cccc(O)c3NC3=C2S(=O)(=O)CC(C)(C)C3)cc1CCc1ccccc1. The Kier molecular flexibility index (Phi) is 6.20. The Labute approximate surface area is 212 Å². The minimum Gasteiger partial charge on any atom is -0.506 e. The van der Waals surface area contributed by atoms with E-state index in [0.29, 0.717) is 28.4 Å². The van der Waals surface area contributed by atoms with E-state index in [1.807, 2.05) is 56.3 Å². The van der Waals surface area contributed by atoms with E-state index in [-0.39, 0.29) is 11.5 Å². The van der Waals surface area contributed by atoms with Crippen LogP contribution in [0.4, 0.5) is 11.4 Å². The van der Waals surface area contributed by atoms with Crippen LogP contribution in [0.5, 0.6) is 11.5 Å². The van der Waals surface area contributed by atoms with Crippen molar-refractivity contribution in [1.29, 1.82) is 0 Å². The van der Waals surface area contributed by atoms with Crippen molar-refractivity contribution >= 4 is 21.2 Å². The second kappa shape index (κ2) is 9.21. The van der Waals surface area contributed by atoms with E-state index in [0.717, 1.165) is 29.7 Å². The predicted octanol–water partition coefficient (Wildman–Crippen LogP) is 5.82. The summed E-state index contributed by atoms with van der Waals surface area (Å²) in [7, 11) is -1.93. The van der Waals surface area contributed by atoms with Crippen LogP contribution in [-0.4, -0.2) is 26.4 Å². The molecule has 0 radical (unpaired) electrons. The molecule has 1 atom stereocenters. The summed E-state index contributed by atoms with van der Waals surface area (Å²) in [5.74, 6) is 0.922. The Bertz CT molecular complexity index is 1430. The maximum atomic E-state index is 13.7. The first-order valence-electron chi connectivity index (χ1n) is 12.2. The zero-order valence-corrected chi connectivity index (χ0v) is 21.7. The van der Waals surface area contributed by atoms with Crippen molar-refractivity contribution in [2.24, 2.45) is 5.41 Å². The molecular formula is C29H32N2O4S. The number of methoxy groups -OCH3 is 1. The molecule has 36 heavy (non-hydrogen) atoms. The smallest absolute Gasteiger partial charge is 0.179 e. The fraction of sp³-hybridized carbons (Fsp3) is 0.310. The summed E-state index contributed by atoms with van der Waals surface area (Å²) >= 11 is 0. The lowest BCUT2D eigenvalue weighted by atomic mass is 9.88. The van der Waals surface area contributed by atoms with E-state index in [9.17, 15) is 13.5 Å². The minimum atomic E-state index is -3.58. The Hall–Kier alpha value is -3.45. The molecule has 5 rings (SSSR count). The first kappa shape index (κ1) is 24.3. The number of nitrogens with one attached hydrogen (secondary N) is 2. The Morgan fingerprint density at radius 2 is 1.81 bits per heavy atom. The number of hydrogen-bond acceptors (Lipinski definition) is 6. The predicted molar refractivity (Wildman–Crippen MR) is 144 cm³/mol. The molecule has 3 N–H and O–H groups in total. The van der Waals surface area contributed by atoms with E-state index in [2.05, 4.69) is 22.8 Å². The average Bonchev–Trinajstić information content (AvgIpc) is 3.00. The van der Waals surface area contributed by atoms with Gasteiger partial charge in [0.15, 0.2) is 9.84 Å². The molecule has 0 aromatic heterocycles. The summed E-state index contributed by atoms with van der Waals surface area (Å²) in [6.45, 7) is 3.92. The Balaban J connectivity index is 1.62. The van der Waals surface area contributed by atoms with Gasteiger partial charge in [-0.2, -0.15) is 0 Å². The van der Waals surface area contributed by atoms with Gasteiger partial charge in [0.1, 0.15) is 17.2 Å². The van der Waals surface area contributed by atoms with E-state index in [1.54, 1.807) is 19.2 Å². The summed E-state index contributed by atoms with van der Waals surface area (Å²) < 4.78 is 33.0. The van der Waals surface area contributed by atoms with Gasteiger partial charge in [-0.3, -0.25) is 0 Å². The lowest BCUT2D eigenvalue weighted by Gasteiger charge is -2.35. The number of phenolic OH excluding ortho intramolecular Hbond substituents is 1. The molecule has 0 aliphatic carbocycles. The Morgan fingerprint density at radius 1 is 1.03 bits per heavy atom.